The van der Waals surface area contributed by atoms with Gasteiger partial charge in [0.15, 0.2) is 0 Å². The highest BCUT2D eigenvalue weighted by Crippen LogP contribution is 2.22. The summed E-state index contributed by atoms with van der Waals surface area (Å²) in [6.07, 6.45) is 8.00. The van der Waals surface area contributed by atoms with E-state index in [0.29, 0.717) is 50.9 Å². The minimum absolute atomic E-state index is 0.119. The van der Waals surface area contributed by atoms with Crippen molar-refractivity contribution in [3.63, 3.8) is 0 Å². The van der Waals surface area contributed by atoms with Gasteiger partial charge in [-0.05, 0) is 37.8 Å². The minimum Gasteiger partial charge on any atom is -0.355 e. The molecule has 1 aliphatic rings. The highest BCUT2D eigenvalue weighted by Gasteiger charge is 2.37. The number of sulfonamides is 1. The van der Waals surface area contributed by atoms with Crippen LogP contribution in [0.25, 0.3) is 0 Å². The Kier molecular flexibility index (Phi) is 11.0. The number of hydrogen-bond donors (Lipinski definition) is 2. The van der Waals surface area contributed by atoms with Crippen LogP contribution in [0.3, 0.4) is 0 Å². The van der Waals surface area contributed by atoms with Crippen molar-refractivity contribution in [3.05, 3.63) is 35.9 Å². The van der Waals surface area contributed by atoms with Gasteiger partial charge in [0.25, 0.3) is 5.91 Å². The molecule has 0 aromatic heterocycles. The first-order valence-electron chi connectivity index (χ1n) is 11.6. The molecular weight excluding hydrogens is 414 g/mol. The van der Waals surface area contributed by atoms with Crippen molar-refractivity contribution in [2.75, 3.05) is 25.4 Å². The second-order valence-corrected chi connectivity index (χ2v) is 10.2. The summed E-state index contributed by atoms with van der Waals surface area (Å²) in [5, 5.41) is 5.65. The molecule has 1 heterocycles. The maximum absolute atomic E-state index is 12.7. The van der Waals surface area contributed by atoms with Gasteiger partial charge < -0.3 is 10.6 Å². The molecule has 1 aromatic rings. The van der Waals surface area contributed by atoms with Crippen LogP contribution in [0.1, 0.15) is 75.1 Å². The van der Waals surface area contributed by atoms with Gasteiger partial charge >= 0.3 is 0 Å². The van der Waals surface area contributed by atoms with E-state index in [2.05, 4.69) is 17.6 Å². The van der Waals surface area contributed by atoms with E-state index in [1.54, 1.807) is 12.1 Å². The third-order valence-corrected chi connectivity index (χ3v) is 7.55. The quantitative estimate of drug-likeness (QED) is 0.425. The number of nitrogens with zero attached hydrogens (tertiary/aromatic N) is 1. The van der Waals surface area contributed by atoms with E-state index in [0.717, 1.165) is 19.3 Å². The molecule has 1 saturated heterocycles. The van der Waals surface area contributed by atoms with Gasteiger partial charge in [-0.15, -0.1) is 0 Å². The number of carbonyl (C=O) groups is 2. The maximum Gasteiger partial charge on any atom is 0.251 e. The lowest BCUT2D eigenvalue weighted by Crippen LogP contribution is -2.47. The Morgan fingerprint density at radius 3 is 2.39 bits per heavy atom. The number of hydrogen-bond acceptors (Lipinski definition) is 4. The average molecular weight is 452 g/mol. The molecule has 0 aliphatic carbocycles. The predicted molar refractivity (Wildman–Crippen MR) is 123 cm³/mol. The third kappa shape index (κ3) is 8.61. The van der Waals surface area contributed by atoms with E-state index in [1.807, 2.05) is 18.2 Å². The largest absolute Gasteiger partial charge is 0.355 e. The van der Waals surface area contributed by atoms with Crippen molar-refractivity contribution in [1.29, 1.82) is 0 Å². The second kappa shape index (κ2) is 13.5. The Hall–Kier alpha value is -1.93. The fourth-order valence-corrected chi connectivity index (χ4v) is 5.63. The molecule has 0 spiro atoms. The summed E-state index contributed by atoms with van der Waals surface area (Å²) in [4.78, 5) is 24.6. The molecule has 0 saturated carbocycles. The van der Waals surface area contributed by atoms with Crippen molar-refractivity contribution in [2.45, 2.75) is 70.8 Å². The van der Waals surface area contributed by atoms with Crippen LogP contribution in [-0.2, 0) is 14.8 Å². The summed E-state index contributed by atoms with van der Waals surface area (Å²) < 4.78 is 26.8. The fraction of sp³-hybridized carbons (Fsp3) is 0.652. The monoisotopic (exact) mass is 451 g/mol. The van der Waals surface area contributed by atoms with Crippen molar-refractivity contribution >= 4 is 21.8 Å². The lowest BCUT2D eigenvalue weighted by atomic mass is 10.1. The molecule has 0 radical (unpaired) electrons. The van der Waals surface area contributed by atoms with Crippen LogP contribution < -0.4 is 10.6 Å². The summed E-state index contributed by atoms with van der Waals surface area (Å²) in [5.41, 5.74) is 0.601. The molecule has 8 heteroatoms. The van der Waals surface area contributed by atoms with Crippen molar-refractivity contribution < 1.29 is 18.0 Å². The molecule has 1 aliphatic heterocycles. The van der Waals surface area contributed by atoms with Crippen LogP contribution in [0.5, 0.6) is 0 Å². The van der Waals surface area contributed by atoms with Gasteiger partial charge in [0, 0.05) is 25.2 Å². The SMILES string of the molecule is CCCCCCCCS(=O)(=O)N1CCC[C@@H]1C(=O)NCCCNC(=O)c1ccccc1. The van der Waals surface area contributed by atoms with Gasteiger partial charge in [0.1, 0.15) is 6.04 Å². The van der Waals surface area contributed by atoms with Gasteiger partial charge in [0.05, 0.1) is 5.75 Å². The first-order chi connectivity index (χ1) is 15.0. The van der Waals surface area contributed by atoms with E-state index in [4.69, 9.17) is 0 Å². The topological polar surface area (TPSA) is 95.6 Å². The molecule has 1 fully saturated rings. The lowest BCUT2D eigenvalue weighted by molar-refractivity contribution is -0.124. The normalized spacial score (nSPS) is 16.9. The predicted octanol–water partition coefficient (Wildman–Crippen LogP) is 3.08. The van der Waals surface area contributed by atoms with Gasteiger partial charge in [-0.25, -0.2) is 8.42 Å². The Morgan fingerprint density at radius 2 is 1.65 bits per heavy atom. The minimum atomic E-state index is -3.41. The van der Waals surface area contributed by atoms with Gasteiger partial charge in [-0.3, -0.25) is 9.59 Å². The molecule has 1 aromatic carbocycles. The van der Waals surface area contributed by atoms with E-state index >= 15 is 0 Å². The van der Waals surface area contributed by atoms with Crippen LogP contribution in [0.4, 0.5) is 0 Å². The number of benzene rings is 1. The standard InChI is InChI=1S/C23H37N3O4S/c1-2-3-4-5-6-10-19-31(29,30)26-18-11-15-21(26)23(28)25-17-12-16-24-22(27)20-13-8-7-9-14-20/h7-9,13-14,21H,2-6,10-12,15-19H2,1H3,(H,24,27)(H,25,28)/t21-/m1/s1. The number of carbonyl (C=O) groups excluding carboxylic acids is 2. The Labute approximate surface area is 187 Å². The summed E-state index contributed by atoms with van der Waals surface area (Å²) in [6.45, 7) is 3.42. The number of rotatable bonds is 14. The maximum atomic E-state index is 12.7. The summed E-state index contributed by atoms with van der Waals surface area (Å²) in [6, 6.07) is 8.36. The molecule has 174 valence electrons. The van der Waals surface area contributed by atoms with Crippen LogP contribution in [0, 0.1) is 0 Å². The van der Waals surface area contributed by atoms with Crippen LogP contribution >= 0.6 is 0 Å². The fourth-order valence-electron chi connectivity index (χ4n) is 3.83. The Bertz CT molecular complexity index is 783. The van der Waals surface area contributed by atoms with Crippen LogP contribution in [0.15, 0.2) is 30.3 Å². The second-order valence-electron chi connectivity index (χ2n) is 8.12. The Morgan fingerprint density at radius 1 is 0.968 bits per heavy atom. The third-order valence-electron chi connectivity index (χ3n) is 5.59. The van der Waals surface area contributed by atoms with Crippen molar-refractivity contribution in [2.24, 2.45) is 0 Å². The molecule has 2 rings (SSSR count). The van der Waals surface area contributed by atoms with Crippen molar-refractivity contribution in [1.82, 2.24) is 14.9 Å². The number of nitrogens with one attached hydrogen (secondary N) is 2. The first kappa shape index (κ1) is 25.3. The zero-order chi connectivity index (χ0) is 22.5. The van der Waals surface area contributed by atoms with Gasteiger partial charge in [-0.2, -0.15) is 4.31 Å². The summed E-state index contributed by atoms with van der Waals surface area (Å²) in [7, 11) is -3.41. The number of unbranched alkanes of at least 4 members (excludes halogenated alkanes) is 5. The summed E-state index contributed by atoms with van der Waals surface area (Å²) >= 11 is 0. The van der Waals surface area contributed by atoms with Crippen molar-refractivity contribution in [3.8, 4) is 0 Å². The zero-order valence-electron chi connectivity index (χ0n) is 18.6. The van der Waals surface area contributed by atoms with E-state index in [1.165, 1.54) is 17.1 Å². The highest BCUT2D eigenvalue weighted by atomic mass is 32.2. The zero-order valence-corrected chi connectivity index (χ0v) is 19.5. The van der Waals surface area contributed by atoms with E-state index < -0.39 is 16.1 Å². The van der Waals surface area contributed by atoms with E-state index in [-0.39, 0.29) is 17.6 Å². The molecule has 31 heavy (non-hydrogen) atoms. The van der Waals surface area contributed by atoms with Gasteiger partial charge in [-0.1, -0.05) is 57.2 Å². The van der Waals surface area contributed by atoms with Crippen LogP contribution in [-0.4, -0.2) is 56.0 Å². The number of amides is 2. The molecular formula is C23H37N3O4S. The van der Waals surface area contributed by atoms with Gasteiger partial charge in [0.2, 0.25) is 15.9 Å². The molecule has 0 bridgehead atoms. The lowest BCUT2D eigenvalue weighted by Gasteiger charge is -2.23. The highest BCUT2D eigenvalue weighted by molar-refractivity contribution is 7.89. The smallest absolute Gasteiger partial charge is 0.251 e. The average Bonchev–Trinajstić information content (AvgIpc) is 3.27. The van der Waals surface area contributed by atoms with E-state index in [9.17, 15) is 18.0 Å². The first-order valence-corrected chi connectivity index (χ1v) is 13.2. The summed E-state index contributed by atoms with van der Waals surface area (Å²) in [5.74, 6) is -0.262. The molecule has 1 atom stereocenters. The Balaban J connectivity index is 1.68. The van der Waals surface area contributed by atoms with Crippen LogP contribution in [0.2, 0.25) is 0 Å². The molecule has 7 nitrogen and oxygen atoms in total. The molecule has 2 amide bonds. The molecule has 0 unspecified atom stereocenters. The molecule has 2 N–H and O–H groups in total.